The van der Waals surface area contributed by atoms with Gasteiger partial charge in [-0.3, -0.25) is 4.68 Å². The highest BCUT2D eigenvalue weighted by atomic mass is 32.2. The molecular formula is C11H20N4O2S. The van der Waals surface area contributed by atoms with Gasteiger partial charge in [0.15, 0.2) is 5.82 Å². The van der Waals surface area contributed by atoms with Crippen LogP contribution in [0.4, 0.5) is 5.82 Å². The van der Waals surface area contributed by atoms with Gasteiger partial charge in [-0.25, -0.2) is 12.7 Å². The number of nitrogen functional groups attached to an aromatic ring is 1. The van der Waals surface area contributed by atoms with Crippen molar-refractivity contribution in [3.63, 3.8) is 0 Å². The van der Waals surface area contributed by atoms with Crippen molar-refractivity contribution in [2.24, 2.45) is 18.9 Å². The summed E-state index contributed by atoms with van der Waals surface area (Å²) < 4.78 is 27.8. The van der Waals surface area contributed by atoms with Gasteiger partial charge >= 0.3 is 0 Å². The van der Waals surface area contributed by atoms with Crippen LogP contribution in [0.25, 0.3) is 0 Å². The monoisotopic (exact) mass is 272 g/mol. The molecule has 18 heavy (non-hydrogen) atoms. The second kappa shape index (κ2) is 4.24. The quantitative estimate of drug-likeness (QED) is 0.869. The van der Waals surface area contributed by atoms with Crippen LogP contribution >= 0.6 is 0 Å². The number of nitrogens with two attached hydrogens (primary N) is 1. The maximum atomic E-state index is 12.4. The van der Waals surface area contributed by atoms with E-state index in [2.05, 4.69) is 12.0 Å². The Labute approximate surface area is 108 Å². The Morgan fingerprint density at radius 3 is 2.50 bits per heavy atom. The fourth-order valence-electron chi connectivity index (χ4n) is 2.17. The first-order chi connectivity index (χ1) is 8.25. The van der Waals surface area contributed by atoms with Gasteiger partial charge in [-0.1, -0.05) is 6.92 Å². The molecule has 1 aromatic heterocycles. The van der Waals surface area contributed by atoms with E-state index in [4.69, 9.17) is 5.73 Å². The third-order valence-corrected chi connectivity index (χ3v) is 5.73. The molecule has 2 atom stereocenters. The highest BCUT2D eigenvalue weighted by molar-refractivity contribution is 7.89. The van der Waals surface area contributed by atoms with Crippen LogP contribution in [0.5, 0.6) is 0 Å². The maximum Gasteiger partial charge on any atom is 0.248 e. The Hall–Kier alpha value is -1.08. The maximum absolute atomic E-state index is 12.4. The lowest BCUT2D eigenvalue weighted by molar-refractivity contribution is 0.444. The Bertz CT molecular complexity index is 564. The zero-order chi connectivity index (χ0) is 13.7. The third-order valence-electron chi connectivity index (χ3n) is 3.74. The fourth-order valence-corrected chi connectivity index (χ4v) is 3.68. The molecule has 6 nitrogen and oxygen atoms in total. The minimum atomic E-state index is -3.53. The van der Waals surface area contributed by atoms with E-state index in [1.54, 1.807) is 21.0 Å². The van der Waals surface area contributed by atoms with Gasteiger partial charge in [0, 0.05) is 20.6 Å². The first kappa shape index (κ1) is 13.4. The lowest BCUT2D eigenvalue weighted by atomic mass is 10.3. The largest absolute Gasteiger partial charge is 0.381 e. The molecule has 0 saturated heterocycles. The van der Waals surface area contributed by atoms with E-state index in [9.17, 15) is 8.42 Å². The van der Waals surface area contributed by atoms with E-state index in [1.165, 1.54) is 8.99 Å². The lowest BCUT2D eigenvalue weighted by Gasteiger charge is -2.17. The summed E-state index contributed by atoms with van der Waals surface area (Å²) in [4.78, 5) is 0.140. The molecule has 1 heterocycles. The van der Waals surface area contributed by atoms with Crippen molar-refractivity contribution in [1.29, 1.82) is 0 Å². The van der Waals surface area contributed by atoms with Gasteiger partial charge in [-0.05, 0) is 25.2 Å². The molecule has 102 valence electrons. The minimum Gasteiger partial charge on any atom is -0.381 e. The van der Waals surface area contributed by atoms with E-state index >= 15 is 0 Å². The number of aryl methyl sites for hydroxylation is 1. The number of rotatable bonds is 4. The Morgan fingerprint density at radius 1 is 1.56 bits per heavy atom. The Balaban J connectivity index is 2.29. The molecule has 2 unspecified atom stereocenters. The average Bonchev–Trinajstić information content (AvgIpc) is 2.85. The van der Waals surface area contributed by atoms with Crippen molar-refractivity contribution in [2.75, 3.05) is 19.3 Å². The van der Waals surface area contributed by atoms with E-state index < -0.39 is 10.0 Å². The summed E-state index contributed by atoms with van der Waals surface area (Å²) in [6, 6.07) is 0. The van der Waals surface area contributed by atoms with Crippen LogP contribution in [0.15, 0.2) is 4.90 Å². The second-order valence-corrected chi connectivity index (χ2v) is 7.16. The molecule has 0 aromatic carbocycles. The van der Waals surface area contributed by atoms with Crippen molar-refractivity contribution in [2.45, 2.75) is 25.2 Å². The summed E-state index contributed by atoms with van der Waals surface area (Å²) in [5, 5.41) is 3.96. The molecule has 0 aliphatic heterocycles. The molecule has 0 radical (unpaired) electrons. The van der Waals surface area contributed by atoms with Crippen molar-refractivity contribution in [3.8, 4) is 0 Å². The first-order valence-electron chi connectivity index (χ1n) is 6.00. The van der Waals surface area contributed by atoms with Crippen LogP contribution in [0.3, 0.4) is 0 Å². The van der Waals surface area contributed by atoms with Crippen LogP contribution in [0, 0.1) is 18.8 Å². The lowest BCUT2D eigenvalue weighted by Crippen LogP contribution is -2.30. The molecular weight excluding hydrogens is 252 g/mol. The Morgan fingerprint density at radius 2 is 2.11 bits per heavy atom. The van der Waals surface area contributed by atoms with Gasteiger partial charge in [0.2, 0.25) is 10.0 Å². The molecule has 1 aromatic rings. The molecule has 0 bridgehead atoms. The van der Waals surface area contributed by atoms with Gasteiger partial charge in [0.1, 0.15) is 4.90 Å². The summed E-state index contributed by atoms with van der Waals surface area (Å²) in [5.74, 6) is 1.17. The molecule has 2 N–H and O–H groups in total. The molecule has 0 spiro atoms. The third kappa shape index (κ3) is 2.12. The molecule has 1 fully saturated rings. The zero-order valence-corrected chi connectivity index (χ0v) is 12.0. The predicted molar refractivity (Wildman–Crippen MR) is 69.4 cm³/mol. The normalized spacial score (nSPS) is 23.6. The standard InChI is InChI=1S/C11H20N4O2S/c1-7-5-9(7)6-14(3)18(16,17)10-8(2)15(4)13-11(10)12/h7,9H,5-6H2,1-4H3,(H2,12,13). The number of hydrogen-bond acceptors (Lipinski definition) is 4. The molecule has 0 amide bonds. The van der Waals surface area contributed by atoms with Crippen LogP contribution in [-0.4, -0.2) is 36.1 Å². The van der Waals surface area contributed by atoms with Gasteiger partial charge in [-0.2, -0.15) is 5.10 Å². The number of hydrogen-bond donors (Lipinski definition) is 1. The van der Waals surface area contributed by atoms with Crippen LogP contribution in [0.1, 0.15) is 19.0 Å². The van der Waals surface area contributed by atoms with Gasteiger partial charge in [0.05, 0.1) is 5.69 Å². The van der Waals surface area contributed by atoms with Crippen molar-refractivity contribution < 1.29 is 8.42 Å². The van der Waals surface area contributed by atoms with Crippen LogP contribution < -0.4 is 5.73 Å². The summed E-state index contributed by atoms with van der Waals surface area (Å²) >= 11 is 0. The zero-order valence-electron chi connectivity index (χ0n) is 11.2. The topological polar surface area (TPSA) is 81.2 Å². The summed E-state index contributed by atoms with van der Waals surface area (Å²) in [7, 11) is -0.241. The van der Waals surface area contributed by atoms with Crippen molar-refractivity contribution >= 4 is 15.8 Å². The fraction of sp³-hybridized carbons (Fsp3) is 0.727. The molecule has 1 aliphatic rings. The van der Waals surface area contributed by atoms with Gasteiger partial charge in [0.25, 0.3) is 0 Å². The van der Waals surface area contributed by atoms with Gasteiger partial charge < -0.3 is 5.73 Å². The molecule has 7 heteroatoms. The van der Waals surface area contributed by atoms with E-state index in [0.29, 0.717) is 24.1 Å². The number of aromatic nitrogens is 2. The summed E-state index contributed by atoms with van der Waals surface area (Å²) in [5.41, 5.74) is 6.27. The predicted octanol–water partition coefficient (Wildman–Crippen LogP) is 0.587. The van der Waals surface area contributed by atoms with Crippen LogP contribution in [0.2, 0.25) is 0 Å². The van der Waals surface area contributed by atoms with Crippen molar-refractivity contribution in [3.05, 3.63) is 5.69 Å². The van der Waals surface area contributed by atoms with Gasteiger partial charge in [-0.15, -0.1) is 0 Å². The highest BCUT2D eigenvalue weighted by Crippen LogP contribution is 2.39. The Kier molecular flexibility index (Phi) is 3.14. The number of nitrogens with zero attached hydrogens (tertiary/aromatic N) is 3. The number of sulfonamides is 1. The number of anilines is 1. The van der Waals surface area contributed by atoms with E-state index in [-0.39, 0.29) is 10.7 Å². The summed E-state index contributed by atoms with van der Waals surface area (Å²) in [6.45, 7) is 4.40. The van der Waals surface area contributed by atoms with E-state index in [1.807, 2.05) is 0 Å². The van der Waals surface area contributed by atoms with Crippen LogP contribution in [-0.2, 0) is 17.1 Å². The smallest absolute Gasteiger partial charge is 0.248 e. The second-order valence-electron chi connectivity index (χ2n) is 5.18. The molecule has 1 saturated carbocycles. The molecule has 2 rings (SSSR count). The average molecular weight is 272 g/mol. The summed E-state index contributed by atoms with van der Waals surface area (Å²) in [6.07, 6.45) is 1.10. The molecule has 1 aliphatic carbocycles. The van der Waals surface area contributed by atoms with E-state index in [0.717, 1.165) is 6.42 Å². The minimum absolute atomic E-state index is 0.0747. The first-order valence-corrected chi connectivity index (χ1v) is 7.44. The van der Waals surface area contributed by atoms with Crippen molar-refractivity contribution in [1.82, 2.24) is 14.1 Å². The SMILES string of the molecule is Cc1c(S(=O)(=O)N(C)CC2CC2C)c(N)nn1C. The highest BCUT2D eigenvalue weighted by Gasteiger charge is 2.37.